The number of benzene rings is 1. The minimum atomic E-state index is -0.257. The fourth-order valence-corrected chi connectivity index (χ4v) is 2.11. The van der Waals surface area contributed by atoms with Gasteiger partial charge in [-0.3, -0.25) is 4.79 Å². The van der Waals surface area contributed by atoms with E-state index in [1.165, 1.54) is 0 Å². The maximum atomic E-state index is 12.1. The molecule has 3 rings (SSSR count). The van der Waals surface area contributed by atoms with Gasteiger partial charge in [0.05, 0.1) is 5.69 Å². The fourth-order valence-electron chi connectivity index (χ4n) is 2.11. The van der Waals surface area contributed by atoms with Crippen molar-refractivity contribution in [2.45, 2.75) is 6.92 Å². The molecule has 23 heavy (non-hydrogen) atoms. The van der Waals surface area contributed by atoms with Crippen LogP contribution in [0.2, 0.25) is 0 Å². The number of nitrogens with one attached hydrogen (secondary N) is 1. The Morgan fingerprint density at radius 2 is 2.13 bits per heavy atom. The lowest BCUT2D eigenvalue weighted by molar-refractivity contribution is -0.118. The number of hydrogen-bond donors (Lipinski definition) is 1. The summed E-state index contributed by atoms with van der Waals surface area (Å²) < 4.78 is 7.09. The third-order valence-corrected chi connectivity index (χ3v) is 3.14. The predicted octanol–water partition coefficient (Wildman–Crippen LogP) is 2.59. The summed E-state index contributed by atoms with van der Waals surface area (Å²) in [4.78, 5) is 16.3. The van der Waals surface area contributed by atoms with E-state index in [0.29, 0.717) is 17.3 Å². The van der Waals surface area contributed by atoms with Crippen molar-refractivity contribution in [3.63, 3.8) is 0 Å². The molecule has 0 aliphatic rings. The van der Waals surface area contributed by atoms with Crippen LogP contribution in [0.25, 0.3) is 5.82 Å². The number of nitrogens with zero attached hydrogens (tertiary/aromatic N) is 3. The lowest BCUT2D eigenvalue weighted by Crippen LogP contribution is -2.21. The van der Waals surface area contributed by atoms with Crippen LogP contribution in [0, 0.1) is 6.92 Å². The van der Waals surface area contributed by atoms with Gasteiger partial charge in [-0.15, -0.1) is 0 Å². The van der Waals surface area contributed by atoms with Crippen LogP contribution in [0.5, 0.6) is 5.75 Å². The summed E-state index contributed by atoms with van der Waals surface area (Å²) in [5, 5.41) is 6.93. The minimum Gasteiger partial charge on any atom is -0.484 e. The van der Waals surface area contributed by atoms with E-state index in [1.54, 1.807) is 41.5 Å². The molecule has 2 heterocycles. The van der Waals surface area contributed by atoms with E-state index in [9.17, 15) is 4.79 Å². The molecule has 6 nitrogen and oxygen atoms in total. The van der Waals surface area contributed by atoms with Crippen LogP contribution in [0.4, 0.5) is 5.69 Å². The van der Waals surface area contributed by atoms with Gasteiger partial charge in [0.1, 0.15) is 5.75 Å². The SMILES string of the molecule is Cc1cccc(OCC(=O)Nc2cccnc2-n2cccn2)c1. The van der Waals surface area contributed by atoms with E-state index in [-0.39, 0.29) is 12.5 Å². The fraction of sp³-hybridized carbons (Fsp3) is 0.118. The first-order chi connectivity index (χ1) is 11.2. The second-order valence-electron chi connectivity index (χ2n) is 4.98. The van der Waals surface area contributed by atoms with Gasteiger partial charge in [-0.25, -0.2) is 9.67 Å². The Bertz CT molecular complexity index is 800. The van der Waals surface area contributed by atoms with Gasteiger partial charge in [0, 0.05) is 18.6 Å². The molecular formula is C17H16N4O2. The highest BCUT2D eigenvalue weighted by Crippen LogP contribution is 2.16. The van der Waals surface area contributed by atoms with Crippen molar-refractivity contribution in [1.82, 2.24) is 14.8 Å². The third kappa shape index (κ3) is 3.74. The zero-order valence-electron chi connectivity index (χ0n) is 12.6. The molecule has 0 saturated carbocycles. The second-order valence-corrected chi connectivity index (χ2v) is 4.98. The van der Waals surface area contributed by atoms with Gasteiger partial charge in [-0.1, -0.05) is 12.1 Å². The first-order valence-electron chi connectivity index (χ1n) is 7.17. The van der Waals surface area contributed by atoms with E-state index in [2.05, 4.69) is 15.4 Å². The van der Waals surface area contributed by atoms with Crippen molar-refractivity contribution in [3.05, 3.63) is 66.6 Å². The number of aryl methyl sites for hydroxylation is 1. The lowest BCUT2D eigenvalue weighted by Gasteiger charge is -2.11. The molecule has 0 atom stereocenters. The molecule has 116 valence electrons. The molecule has 0 fully saturated rings. The molecule has 0 spiro atoms. The summed E-state index contributed by atoms with van der Waals surface area (Å²) in [5.41, 5.74) is 1.66. The molecule has 6 heteroatoms. The molecule has 0 aliphatic carbocycles. The van der Waals surface area contributed by atoms with E-state index in [0.717, 1.165) is 5.56 Å². The van der Waals surface area contributed by atoms with Gasteiger partial charge in [0.15, 0.2) is 12.4 Å². The Balaban J connectivity index is 1.67. The summed E-state index contributed by atoms with van der Waals surface area (Å²) in [6.45, 7) is 1.90. The highest BCUT2D eigenvalue weighted by molar-refractivity contribution is 5.93. The molecule has 0 unspecified atom stereocenters. The standard InChI is InChI=1S/C17H16N4O2/c1-13-5-2-6-14(11-13)23-12-16(22)20-15-7-3-8-18-17(15)21-10-4-9-19-21/h2-11H,12H2,1H3,(H,20,22). The first kappa shape index (κ1) is 14.8. The van der Waals surface area contributed by atoms with Gasteiger partial charge in [-0.2, -0.15) is 5.10 Å². The second kappa shape index (κ2) is 6.74. The number of anilines is 1. The summed E-state index contributed by atoms with van der Waals surface area (Å²) in [7, 11) is 0. The van der Waals surface area contributed by atoms with Gasteiger partial charge < -0.3 is 10.1 Å². The topological polar surface area (TPSA) is 69.0 Å². The molecule has 1 amide bonds. The predicted molar refractivity (Wildman–Crippen MR) is 86.7 cm³/mol. The number of aromatic nitrogens is 3. The molecule has 0 saturated heterocycles. The molecule has 3 aromatic rings. The summed E-state index contributed by atoms with van der Waals surface area (Å²) in [5.74, 6) is 0.966. The van der Waals surface area contributed by atoms with Crippen molar-refractivity contribution >= 4 is 11.6 Å². The number of amides is 1. The van der Waals surface area contributed by atoms with E-state index in [1.807, 2.05) is 31.2 Å². The summed E-state index contributed by atoms with van der Waals surface area (Å²) >= 11 is 0. The summed E-state index contributed by atoms with van der Waals surface area (Å²) in [6, 6.07) is 12.9. The van der Waals surface area contributed by atoms with Gasteiger partial charge >= 0.3 is 0 Å². The number of pyridine rings is 1. The Hall–Kier alpha value is -3.15. The maximum Gasteiger partial charge on any atom is 0.262 e. The monoisotopic (exact) mass is 308 g/mol. The quantitative estimate of drug-likeness (QED) is 0.786. The van der Waals surface area contributed by atoms with Crippen molar-refractivity contribution in [2.75, 3.05) is 11.9 Å². The smallest absolute Gasteiger partial charge is 0.262 e. The number of carbonyl (C=O) groups is 1. The van der Waals surface area contributed by atoms with Gasteiger partial charge in [-0.05, 0) is 42.8 Å². The van der Waals surface area contributed by atoms with Gasteiger partial charge in [0.2, 0.25) is 0 Å². The number of carbonyl (C=O) groups excluding carboxylic acids is 1. The van der Waals surface area contributed by atoms with E-state index >= 15 is 0 Å². The number of hydrogen-bond acceptors (Lipinski definition) is 4. The Kier molecular flexibility index (Phi) is 4.33. The average Bonchev–Trinajstić information content (AvgIpc) is 3.08. The van der Waals surface area contributed by atoms with Crippen LogP contribution >= 0.6 is 0 Å². The van der Waals surface area contributed by atoms with Crippen LogP contribution in [0.15, 0.2) is 61.1 Å². The zero-order chi connectivity index (χ0) is 16.1. The van der Waals surface area contributed by atoms with Crippen LogP contribution in [0.3, 0.4) is 0 Å². The molecule has 1 N–H and O–H groups in total. The molecule has 1 aromatic carbocycles. The van der Waals surface area contributed by atoms with E-state index in [4.69, 9.17) is 4.74 Å². The molecule has 0 aliphatic heterocycles. The zero-order valence-corrected chi connectivity index (χ0v) is 12.6. The van der Waals surface area contributed by atoms with Crippen molar-refractivity contribution < 1.29 is 9.53 Å². The van der Waals surface area contributed by atoms with Crippen LogP contribution in [-0.4, -0.2) is 27.3 Å². The van der Waals surface area contributed by atoms with Crippen molar-refractivity contribution in [3.8, 4) is 11.6 Å². The highest BCUT2D eigenvalue weighted by Gasteiger charge is 2.10. The Morgan fingerprint density at radius 1 is 1.22 bits per heavy atom. The highest BCUT2D eigenvalue weighted by atomic mass is 16.5. The van der Waals surface area contributed by atoms with Crippen LogP contribution < -0.4 is 10.1 Å². The third-order valence-electron chi connectivity index (χ3n) is 3.14. The molecule has 2 aromatic heterocycles. The molecular weight excluding hydrogens is 292 g/mol. The maximum absolute atomic E-state index is 12.1. The largest absolute Gasteiger partial charge is 0.484 e. The van der Waals surface area contributed by atoms with Crippen LogP contribution in [-0.2, 0) is 4.79 Å². The number of rotatable bonds is 5. The minimum absolute atomic E-state index is 0.0725. The van der Waals surface area contributed by atoms with Crippen molar-refractivity contribution in [1.29, 1.82) is 0 Å². The Labute approximate surface area is 133 Å². The summed E-state index contributed by atoms with van der Waals surface area (Å²) in [6.07, 6.45) is 5.07. The van der Waals surface area contributed by atoms with E-state index < -0.39 is 0 Å². The first-order valence-corrected chi connectivity index (χ1v) is 7.17. The average molecular weight is 308 g/mol. The number of ether oxygens (including phenoxy) is 1. The van der Waals surface area contributed by atoms with Crippen LogP contribution in [0.1, 0.15) is 5.56 Å². The molecule has 0 bridgehead atoms. The van der Waals surface area contributed by atoms with Crippen molar-refractivity contribution in [2.24, 2.45) is 0 Å². The lowest BCUT2D eigenvalue weighted by atomic mass is 10.2. The van der Waals surface area contributed by atoms with Gasteiger partial charge in [0.25, 0.3) is 5.91 Å². The Morgan fingerprint density at radius 3 is 2.91 bits per heavy atom. The molecule has 0 radical (unpaired) electrons. The normalized spacial score (nSPS) is 10.3.